The number of aryl methyl sites for hydroxylation is 1. The van der Waals surface area contributed by atoms with Crippen molar-refractivity contribution in [3.8, 4) is 0 Å². The van der Waals surface area contributed by atoms with E-state index in [1.807, 2.05) is 32.1 Å². The number of nitrogens with zero attached hydrogens (tertiary/aromatic N) is 1. The monoisotopic (exact) mass is 433 g/mol. The van der Waals surface area contributed by atoms with Gasteiger partial charge in [-0.2, -0.15) is 0 Å². The second-order valence-electron chi connectivity index (χ2n) is 9.22. The van der Waals surface area contributed by atoms with Crippen LogP contribution in [0, 0.1) is 12.3 Å². The summed E-state index contributed by atoms with van der Waals surface area (Å²) in [6.07, 6.45) is 13.7. The van der Waals surface area contributed by atoms with E-state index in [0.29, 0.717) is 11.3 Å². The van der Waals surface area contributed by atoms with E-state index < -0.39 is 12.0 Å². The van der Waals surface area contributed by atoms with Gasteiger partial charge in [-0.25, -0.2) is 9.69 Å². The van der Waals surface area contributed by atoms with Crippen molar-refractivity contribution in [2.45, 2.75) is 60.8 Å². The van der Waals surface area contributed by atoms with Gasteiger partial charge in [0.2, 0.25) is 0 Å². The molecule has 0 saturated carbocycles. The highest BCUT2D eigenvalue weighted by atomic mass is 16.4. The molecule has 4 nitrogen and oxygen atoms in total. The van der Waals surface area contributed by atoms with Crippen LogP contribution in [-0.2, 0) is 4.79 Å². The largest absolute Gasteiger partial charge is 0.464 e. The lowest BCUT2D eigenvalue weighted by atomic mass is 9.72. The van der Waals surface area contributed by atoms with Crippen LogP contribution in [0.5, 0.6) is 0 Å². The van der Waals surface area contributed by atoms with Gasteiger partial charge in [0.15, 0.2) is 0 Å². The summed E-state index contributed by atoms with van der Waals surface area (Å²) in [5, 5.41) is 9.51. The number of rotatable bonds is 6. The first kappa shape index (κ1) is 25.1. The predicted molar refractivity (Wildman–Crippen MR) is 133 cm³/mol. The predicted octanol–water partition coefficient (Wildman–Crippen LogP) is 7.54. The highest BCUT2D eigenvalue weighted by Gasteiger charge is 2.26. The number of amides is 2. The zero-order chi connectivity index (χ0) is 23.9. The molecule has 170 valence electrons. The van der Waals surface area contributed by atoms with Crippen LogP contribution in [0.2, 0.25) is 0 Å². The fourth-order valence-corrected chi connectivity index (χ4v) is 4.04. The Bertz CT molecular complexity index is 1020. The smallest absolute Gasteiger partial charge is 0.419 e. The van der Waals surface area contributed by atoms with Crippen molar-refractivity contribution >= 4 is 17.7 Å². The van der Waals surface area contributed by atoms with Gasteiger partial charge in [0, 0.05) is 6.08 Å². The highest BCUT2D eigenvalue weighted by molar-refractivity contribution is 6.16. The third-order valence-electron chi connectivity index (χ3n) is 5.80. The molecule has 2 rings (SSSR count). The third kappa shape index (κ3) is 6.94. The summed E-state index contributed by atoms with van der Waals surface area (Å²) < 4.78 is 0. The maximum Gasteiger partial charge on any atom is 0.419 e. The van der Waals surface area contributed by atoms with E-state index >= 15 is 0 Å². The Kier molecular flexibility index (Phi) is 8.59. The summed E-state index contributed by atoms with van der Waals surface area (Å²) in [6, 6.07) is 6.88. The number of carbonyl (C=O) groups excluding carboxylic acids is 1. The fraction of sp³-hybridized carbons (Fsp3) is 0.357. The SMILES string of the molecule is CC1=C(/C=C/C(C)=C/C=C/C(C)=C/C(=O)N(C(=O)O)c2cccc(C)c2)C(C)(C)CCC1. The van der Waals surface area contributed by atoms with Crippen LogP contribution in [0.15, 0.2) is 83.0 Å². The molecule has 0 radical (unpaired) electrons. The molecule has 1 aliphatic rings. The van der Waals surface area contributed by atoms with Gasteiger partial charge in [0.1, 0.15) is 0 Å². The van der Waals surface area contributed by atoms with E-state index in [2.05, 4.69) is 32.9 Å². The molecule has 0 aliphatic heterocycles. The second kappa shape index (κ2) is 10.9. The van der Waals surface area contributed by atoms with Crippen LogP contribution in [0.4, 0.5) is 10.5 Å². The maximum absolute atomic E-state index is 12.6. The minimum Gasteiger partial charge on any atom is -0.464 e. The fourth-order valence-electron chi connectivity index (χ4n) is 4.04. The Hall–Kier alpha value is -3.14. The molecular weight excluding hydrogens is 398 g/mol. The minimum atomic E-state index is -1.30. The van der Waals surface area contributed by atoms with Crippen molar-refractivity contribution in [3.63, 3.8) is 0 Å². The van der Waals surface area contributed by atoms with Crippen LogP contribution in [0.3, 0.4) is 0 Å². The first-order valence-corrected chi connectivity index (χ1v) is 11.1. The Morgan fingerprint density at radius 1 is 1.09 bits per heavy atom. The van der Waals surface area contributed by atoms with Crippen LogP contribution < -0.4 is 4.90 Å². The Morgan fingerprint density at radius 2 is 1.81 bits per heavy atom. The number of imide groups is 1. The minimum absolute atomic E-state index is 0.210. The van der Waals surface area contributed by atoms with Gasteiger partial charge in [-0.15, -0.1) is 0 Å². The highest BCUT2D eigenvalue weighted by Crippen LogP contribution is 2.40. The van der Waals surface area contributed by atoms with E-state index in [-0.39, 0.29) is 5.41 Å². The summed E-state index contributed by atoms with van der Waals surface area (Å²) in [7, 11) is 0. The molecule has 2 amide bonds. The van der Waals surface area contributed by atoms with Crippen LogP contribution in [-0.4, -0.2) is 17.1 Å². The Balaban J connectivity index is 2.11. The zero-order valence-corrected chi connectivity index (χ0v) is 20.1. The van der Waals surface area contributed by atoms with Gasteiger partial charge in [-0.05, 0) is 81.2 Å². The third-order valence-corrected chi connectivity index (χ3v) is 5.80. The molecule has 0 heterocycles. The van der Waals surface area contributed by atoms with Crippen molar-refractivity contribution in [2.24, 2.45) is 5.41 Å². The molecule has 1 aromatic rings. The first-order chi connectivity index (χ1) is 15.0. The Labute approximate surface area is 192 Å². The lowest BCUT2D eigenvalue weighted by molar-refractivity contribution is -0.113. The quantitative estimate of drug-likeness (QED) is 0.372. The molecule has 1 aliphatic carbocycles. The molecule has 32 heavy (non-hydrogen) atoms. The van der Waals surface area contributed by atoms with E-state index in [1.165, 1.54) is 36.5 Å². The number of anilines is 1. The van der Waals surface area contributed by atoms with Crippen molar-refractivity contribution in [3.05, 3.63) is 88.6 Å². The van der Waals surface area contributed by atoms with Gasteiger partial charge >= 0.3 is 6.09 Å². The second-order valence-corrected chi connectivity index (χ2v) is 9.22. The summed E-state index contributed by atoms with van der Waals surface area (Å²) in [5.74, 6) is -0.590. The van der Waals surface area contributed by atoms with Gasteiger partial charge in [-0.3, -0.25) is 4.79 Å². The lowest BCUT2D eigenvalue weighted by Gasteiger charge is -2.32. The molecule has 1 aromatic carbocycles. The summed E-state index contributed by atoms with van der Waals surface area (Å²) in [6.45, 7) is 12.5. The lowest BCUT2D eigenvalue weighted by Crippen LogP contribution is -2.34. The number of benzene rings is 1. The molecule has 0 unspecified atom stereocenters. The number of hydrogen-bond acceptors (Lipinski definition) is 2. The molecule has 0 fully saturated rings. The Morgan fingerprint density at radius 3 is 2.44 bits per heavy atom. The van der Waals surface area contributed by atoms with E-state index in [4.69, 9.17) is 0 Å². The van der Waals surface area contributed by atoms with Gasteiger partial charge in [0.25, 0.3) is 5.91 Å². The van der Waals surface area contributed by atoms with Crippen molar-refractivity contribution < 1.29 is 14.7 Å². The van der Waals surface area contributed by atoms with Crippen LogP contribution >= 0.6 is 0 Å². The molecule has 0 spiro atoms. The first-order valence-electron chi connectivity index (χ1n) is 11.1. The standard InChI is InChI=1S/C28H35NO3/c1-20(15-16-25-23(4)13-9-17-28(25,5)6)10-7-11-22(3)19-26(30)29(27(31)32)24-14-8-12-21(2)18-24/h7-8,10-12,14-16,18-19H,9,13,17H2,1-6H3,(H,31,32)/b11-7+,16-15+,20-10+,22-19+. The van der Waals surface area contributed by atoms with Crippen molar-refractivity contribution in [1.29, 1.82) is 0 Å². The zero-order valence-electron chi connectivity index (χ0n) is 20.1. The average Bonchev–Trinajstić information content (AvgIpc) is 2.66. The molecule has 0 saturated heterocycles. The number of hydrogen-bond donors (Lipinski definition) is 1. The summed E-state index contributed by atoms with van der Waals surface area (Å²) in [4.78, 5) is 25.0. The van der Waals surface area contributed by atoms with Crippen LogP contribution in [0.25, 0.3) is 0 Å². The van der Waals surface area contributed by atoms with E-state index in [0.717, 1.165) is 16.0 Å². The van der Waals surface area contributed by atoms with Crippen molar-refractivity contribution in [2.75, 3.05) is 4.90 Å². The number of carbonyl (C=O) groups is 2. The molecule has 0 atom stereocenters. The molecule has 0 aromatic heterocycles. The van der Waals surface area contributed by atoms with Crippen LogP contribution in [0.1, 0.15) is 59.4 Å². The summed E-state index contributed by atoms with van der Waals surface area (Å²) in [5.41, 5.74) is 6.11. The molecule has 0 bridgehead atoms. The van der Waals surface area contributed by atoms with Gasteiger partial charge in [0.05, 0.1) is 5.69 Å². The van der Waals surface area contributed by atoms with Gasteiger partial charge in [-0.1, -0.05) is 67.5 Å². The summed E-state index contributed by atoms with van der Waals surface area (Å²) >= 11 is 0. The number of carboxylic acid groups (broad SMARTS) is 1. The maximum atomic E-state index is 12.6. The number of allylic oxidation sites excluding steroid dienone is 9. The average molecular weight is 434 g/mol. The van der Waals surface area contributed by atoms with E-state index in [9.17, 15) is 14.7 Å². The molecule has 1 N–H and O–H groups in total. The molecule has 4 heteroatoms. The molecular formula is C28H35NO3. The topological polar surface area (TPSA) is 57.6 Å². The normalized spacial score (nSPS) is 17.3. The van der Waals surface area contributed by atoms with Crippen molar-refractivity contribution in [1.82, 2.24) is 0 Å². The van der Waals surface area contributed by atoms with E-state index in [1.54, 1.807) is 31.2 Å². The van der Waals surface area contributed by atoms with Gasteiger partial charge < -0.3 is 5.11 Å².